The number of ether oxygens (including phenoxy) is 2. The van der Waals surface area contributed by atoms with Crippen LogP contribution in [0.1, 0.15) is 17.3 Å². The normalized spacial score (nSPS) is 10.5. The molecule has 0 atom stereocenters. The molecule has 2 heterocycles. The van der Waals surface area contributed by atoms with E-state index >= 15 is 0 Å². The van der Waals surface area contributed by atoms with E-state index in [0.29, 0.717) is 40.3 Å². The highest BCUT2D eigenvalue weighted by Gasteiger charge is 2.15. The van der Waals surface area contributed by atoms with Gasteiger partial charge in [0.25, 0.3) is 11.8 Å². The molecular formula is C25H22N4O4. The van der Waals surface area contributed by atoms with Crippen molar-refractivity contribution < 1.29 is 19.1 Å². The van der Waals surface area contributed by atoms with Crippen molar-refractivity contribution in [3.63, 3.8) is 0 Å². The van der Waals surface area contributed by atoms with Gasteiger partial charge in [-0.3, -0.25) is 25.4 Å². The summed E-state index contributed by atoms with van der Waals surface area (Å²) < 4.78 is 11.0. The molecule has 4 aromatic rings. The number of amides is 2. The van der Waals surface area contributed by atoms with Gasteiger partial charge < -0.3 is 9.47 Å². The summed E-state index contributed by atoms with van der Waals surface area (Å²) in [5, 5.41) is 0.666. The van der Waals surface area contributed by atoms with Crippen LogP contribution >= 0.6 is 0 Å². The van der Waals surface area contributed by atoms with Gasteiger partial charge in [0.2, 0.25) is 0 Å². The zero-order valence-electron chi connectivity index (χ0n) is 17.9. The van der Waals surface area contributed by atoms with E-state index in [1.165, 1.54) is 0 Å². The van der Waals surface area contributed by atoms with Crippen LogP contribution in [0.2, 0.25) is 0 Å². The number of fused-ring (bicyclic) bond motifs is 1. The highest BCUT2D eigenvalue weighted by molar-refractivity contribution is 6.07. The van der Waals surface area contributed by atoms with E-state index in [0.717, 1.165) is 5.56 Å². The Morgan fingerprint density at radius 3 is 2.42 bits per heavy atom. The number of hydrogen-bond donors (Lipinski definition) is 2. The van der Waals surface area contributed by atoms with Gasteiger partial charge in [-0.1, -0.05) is 30.3 Å². The van der Waals surface area contributed by atoms with E-state index in [4.69, 9.17) is 9.47 Å². The Morgan fingerprint density at radius 2 is 1.67 bits per heavy atom. The predicted octanol–water partition coefficient (Wildman–Crippen LogP) is 3.54. The number of hydrogen-bond acceptors (Lipinski definition) is 6. The summed E-state index contributed by atoms with van der Waals surface area (Å²) in [4.78, 5) is 33.9. The highest BCUT2D eigenvalue weighted by Crippen LogP contribution is 2.26. The van der Waals surface area contributed by atoms with Crippen molar-refractivity contribution in [2.75, 3.05) is 13.2 Å². The van der Waals surface area contributed by atoms with E-state index < -0.39 is 11.8 Å². The minimum absolute atomic E-state index is 0.289. The monoisotopic (exact) mass is 442 g/mol. The fourth-order valence-corrected chi connectivity index (χ4v) is 3.24. The second-order valence-corrected chi connectivity index (χ2v) is 6.98. The minimum atomic E-state index is -0.513. The van der Waals surface area contributed by atoms with Gasteiger partial charge in [-0.25, -0.2) is 4.98 Å². The molecule has 4 rings (SSSR count). The lowest BCUT2D eigenvalue weighted by molar-refractivity contribution is -0.123. The number of aromatic nitrogens is 2. The fourth-order valence-electron chi connectivity index (χ4n) is 3.24. The van der Waals surface area contributed by atoms with Gasteiger partial charge in [0, 0.05) is 23.3 Å². The lowest BCUT2D eigenvalue weighted by Crippen LogP contribution is -2.43. The first-order valence-corrected chi connectivity index (χ1v) is 10.4. The van der Waals surface area contributed by atoms with Crippen LogP contribution in [0.15, 0.2) is 79.1 Å². The van der Waals surface area contributed by atoms with Crippen molar-refractivity contribution in [2.24, 2.45) is 0 Å². The number of benzene rings is 2. The Morgan fingerprint density at radius 1 is 0.909 bits per heavy atom. The predicted molar refractivity (Wildman–Crippen MR) is 124 cm³/mol. The summed E-state index contributed by atoms with van der Waals surface area (Å²) >= 11 is 0. The van der Waals surface area contributed by atoms with Gasteiger partial charge in [0.15, 0.2) is 18.1 Å². The van der Waals surface area contributed by atoms with E-state index in [-0.39, 0.29) is 6.61 Å². The summed E-state index contributed by atoms with van der Waals surface area (Å²) in [5.74, 6) is 0.00684. The van der Waals surface area contributed by atoms with Gasteiger partial charge in [0.05, 0.1) is 23.4 Å². The van der Waals surface area contributed by atoms with Gasteiger partial charge in [-0.2, -0.15) is 0 Å². The minimum Gasteiger partial charge on any atom is -0.490 e. The molecule has 0 unspecified atom stereocenters. The average Bonchev–Trinajstić information content (AvgIpc) is 2.86. The molecule has 0 bridgehead atoms. The molecule has 0 aliphatic heterocycles. The number of rotatable bonds is 7. The molecule has 166 valence electrons. The second kappa shape index (κ2) is 10.2. The lowest BCUT2D eigenvalue weighted by atomic mass is 10.0. The Hall–Kier alpha value is -4.46. The van der Waals surface area contributed by atoms with Crippen molar-refractivity contribution in [1.29, 1.82) is 0 Å². The maximum Gasteiger partial charge on any atom is 0.276 e. The van der Waals surface area contributed by atoms with Crippen molar-refractivity contribution in [1.82, 2.24) is 20.8 Å². The standard InChI is InChI=1S/C25H22N4O4/c1-2-32-22-11-5-6-12-23(22)33-16-24(30)28-29-25(31)19-14-21(17-8-7-13-26-15-17)27-20-10-4-3-9-18(19)20/h3-15H,2,16H2,1H3,(H,28,30)(H,29,31). The second-order valence-electron chi connectivity index (χ2n) is 6.98. The van der Waals surface area contributed by atoms with Gasteiger partial charge in [-0.15, -0.1) is 0 Å². The molecule has 33 heavy (non-hydrogen) atoms. The molecule has 2 aromatic carbocycles. The molecule has 0 saturated carbocycles. The summed E-state index contributed by atoms with van der Waals surface area (Å²) in [7, 11) is 0. The van der Waals surface area contributed by atoms with Gasteiger partial charge >= 0.3 is 0 Å². The number of para-hydroxylation sites is 3. The Labute approximate surface area is 190 Å². The first kappa shape index (κ1) is 21.8. The number of carbonyl (C=O) groups is 2. The first-order valence-electron chi connectivity index (χ1n) is 10.4. The SMILES string of the molecule is CCOc1ccccc1OCC(=O)NNC(=O)c1cc(-c2cccnc2)nc2ccccc12. The molecular weight excluding hydrogens is 420 g/mol. The van der Waals surface area contributed by atoms with Crippen LogP contribution in [0.4, 0.5) is 0 Å². The molecule has 0 radical (unpaired) electrons. The fraction of sp³-hybridized carbons (Fsp3) is 0.120. The van der Waals surface area contributed by atoms with Gasteiger partial charge in [0.1, 0.15) is 0 Å². The van der Waals surface area contributed by atoms with E-state index in [2.05, 4.69) is 20.8 Å². The largest absolute Gasteiger partial charge is 0.490 e. The van der Waals surface area contributed by atoms with Crippen molar-refractivity contribution in [3.05, 3.63) is 84.7 Å². The topological polar surface area (TPSA) is 102 Å². The third-order valence-corrected chi connectivity index (χ3v) is 4.74. The smallest absolute Gasteiger partial charge is 0.276 e. The van der Waals surface area contributed by atoms with Crippen LogP contribution in [0, 0.1) is 0 Å². The number of nitrogens with zero attached hydrogens (tertiary/aromatic N) is 2. The Bertz CT molecular complexity index is 1280. The third kappa shape index (κ3) is 5.24. The van der Waals surface area contributed by atoms with Crippen molar-refractivity contribution >= 4 is 22.7 Å². The molecule has 2 N–H and O–H groups in total. The summed E-state index contributed by atoms with van der Waals surface area (Å²) in [5.41, 5.74) is 7.26. The number of carbonyl (C=O) groups excluding carboxylic acids is 2. The van der Waals surface area contributed by atoms with Crippen LogP contribution in [-0.4, -0.2) is 35.0 Å². The quantitative estimate of drug-likeness (QED) is 0.425. The summed E-state index contributed by atoms with van der Waals surface area (Å²) in [6.07, 6.45) is 3.35. The first-order chi connectivity index (χ1) is 16.2. The van der Waals surface area contributed by atoms with Gasteiger partial charge in [-0.05, 0) is 43.3 Å². The van der Waals surface area contributed by atoms with E-state index in [1.54, 1.807) is 48.8 Å². The maximum absolute atomic E-state index is 12.9. The zero-order valence-corrected chi connectivity index (χ0v) is 17.9. The van der Waals surface area contributed by atoms with Crippen LogP contribution in [0.3, 0.4) is 0 Å². The van der Waals surface area contributed by atoms with E-state index in [9.17, 15) is 9.59 Å². The molecule has 2 amide bonds. The van der Waals surface area contributed by atoms with Crippen molar-refractivity contribution in [2.45, 2.75) is 6.92 Å². The number of nitrogens with one attached hydrogen (secondary N) is 2. The molecule has 0 aliphatic carbocycles. The molecule has 2 aromatic heterocycles. The Kier molecular flexibility index (Phi) is 6.75. The maximum atomic E-state index is 12.9. The van der Waals surface area contributed by atoms with Crippen molar-refractivity contribution in [3.8, 4) is 22.8 Å². The number of pyridine rings is 2. The molecule has 0 spiro atoms. The molecule has 0 aliphatic rings. The average molecular weight is 442 g/mol. The summed E-state index contributed by atoms with van der Waals surface area (Å²) in [6.45, 7) is 2.05. The highest BCUT2D eigenvalue weighted by atomic mass is 16.5. The van der Waals surface area contributed by atoms with Crippen LogP contribution in [-0.2, 0) is 4.79 Å². The third-order valence-electron chi connectivity index (χ3n) is 4.74. The molecule has 8 heteroatoms. The van der Waals surface area contributed by atoms with Crippen LogP contribution in [0.25, 0.3) is 22.2 Å². The Balaban J connectivity index is 1.46. The molecule has 8 nitrogen and oxygen atoms in total. The molecule has 0 saturated heterocycles. The zero-order chi connectivity index (χ0) is 23.0. The summed E-state index contributed by atoms with van der Waals surface area (Å²) in [6, 6.07) is 19.7. The lowest BCUT2D eigenvalue weighted by Gasteiger charge is -2.13. The van der Waals surface area contributed by atoms with Crippen LogP contribution < -0.4 is 20.3 Å². The molecule has 0 fully saturated rings. The van der Waals surface area contributed by atoms with Crippen LogP contribution in [0.5, 0.6) is 11.5 Å². The van der Waals surface area contributed by atoms with E-state index in [1.807, 2.05) is 37.3 Å². The number of hydrazine groups is 1.